The minimum Gasteiger partial charge on any atom is -0.497 e. The Morgan fingerprint density at radius 1 is 1.07 bits per heavy atom. The van der Waals surface area contributed by atoms with Crippen molar-refractivity contribution in [3.05, 3.63) is 69.8 Å². The van der Waals surface area contributed by atoms with Crippen LogP contribution in [-0.4, -0.2) is 90.3 Å². The van der Waals surface area contributed by atoms with Gasteiger partial charge in [0.15, 0.2) is 0 Å². The van der Waals surface area contributed by atoms with Crippen LogP contribution >= 0.6 is 0 Å². The quantitative estimate of drug-likeness (QED) is 0.320. The zero-order chi connectivity index (χ0) is 28.8. The summed E-state index contributed by atoms with van der Waals surface area (Å²) >= 11 is 0. The average molecular weight is 564 g/mol. The molecule has 1 saturated heterocycles. The molecule has 2 aliphatic heterocycles. The second kappa shape index (κ2) is 13.2. The molecule has 0 aromatic heterocycles. The Hall–Kier alpha value is -3.83. The van der Waals surface area contributed by atoms with Crippen LogP contribution in [0.1, 0.15) is 49.3 Å². The topological polar surface area (TPSA) is 118 Å². The third-order valence-electron chi connectivity index (χ3n) is 8.21. The third kappa shape index (κ3) is 6.91. The SMILES string of the molecule is COc1ccc([C@H]2CC(c3ccc([N+](=O)[O-])cc3)=NN2C(=O)CN(CCN2CCOCC2)C(=O)C2CCCC2)cc1. The van der Waals surface area contributed by atoms with E-state index in [1.165, 1.54) is 17.1 Å². The Morgan fingerprint density at radius 3 is 2.39 bits per heavy atom. The normalized spacial score (nSPS) is 19.7. The molecule has 0 radical (unpaired) electrons. The maximum Gasteiger partial charge on any atom is 0.269 e. The molecule has 2 aromatic carbocycles. The van der Waals surface area contributed by atoms with E-state index < -0.39 is 4.92 Å². The first kappa shape index (κ1) is 28.7. The van der Waals surface area contributed by atoms with E-state index in [0.29, 0.717) is 44.2 Å². The summed E-state index contributed by atoms with van der Waals surface area (Å²) < 4.78 is 10.8. The van der Waals surface area contributed by atoms with Gasteiger partial charge in [0, 0.05) is 50.7 Å². The van der Waals surface area contributed by atoms with Crippen molar-refractivity contribution in [2.75, 3.05) is 53.0 Å². The minimum absolute atomic E-state index is 0.00619. The van der Waals surface area contributed by atoms with Gasteiger partial charge in [0.1, 0.15) is 12.3 Å². The molecule has 218 valence electrons. The van der Waals surface area contributed by atoms with Crippen molar-refractivity contribution in [3.8, 4) is 5.75 Å². The number of benzene rings is 2. The van der Waals surface area contributed by atoms with Crippen molar-refractivity contribution in [2.24, 2.45) is 11.0 Å². The zero-order valence-corrected chi connectivity index (χ0v) is 23.4. The summed E-state index contributed by atoms with van der Waals surface area (Å²) in [5.74, 6) is 0.458. The number of hydrogen-bond acceptors (Lipinski definition) is 8. The Labute approximate surface area is 239 Å². The van der Waals surface area contributed by atoms with Crippen LogP contribution in [-0.2, 0) is 14.3 Å². The van der Waals surface area contributed by atoms with Gasteiger partial charge in [-0.2, -0.15) is 5.10 Å². The van der Waals surface area contributed by atoms with Crippen LogP contribution in [0.25, 0.3) is 0 Å². The second-order valence-corrected chi connectivity index (χ2v) is 10.8. The number of morpholine rings is 1. The number of rotatable bonds is 10. The molecule has 11 heteroatoms. The smallest absolute Gasteiger partial charge is 0.269 e. The number of methoxy groups -OCH3 is 1. The number of carbonyl (C=O) groups is 2. The van der Waals surface area contributed by atoms with Crippen molar-refractivity contribution in [1.29, 1.82) is 0 Å². The van der Waals surface area contributed by atoms with Crippen molar-refractivity contribution in [2.45, 2.75) is 38.1 Å². The zero-order valence-electron chi connectivity index (χ0n) is 23.4. The van der Waals surface area contributed by atoms with E-state index in [2.05, 4.69) is 4.90 Å². The molecule has 5 rings (SSSR count). The fourth-order valence-electron chi connectivity index (χ4n) is 5.80. The van der Waals surface area contributed by atoms with E-state index in [1.54, 1.807) is 24.1 Å². The fraction of sp³-hybridized carbons (Fsp3) is 0.500. The molecule has 11 nitrogen and oxygen atoms in total. The highest BCUT2D eigenvalue weighted by atomic mass is 16.6. The van der Waals surface area contributed by atoms with Crippen molar-refractivity contribution >= 4 is 23.2 Å². The van der Waals surface area contributed by atoms with E-state index in [0.717, 1.165) is 49.9 Å². The van der Waals surface area contributed by atoms with Crippen molar-refractivity contribution in [3.63, 3.8) is 0 Å². The van der Waals surface area contributed by atoms with Crippen LogP contribution < -0.4 is 4.74 Å². The number of hydrazone groups is 1. The molecular weight excluding hydrogens is 526 g/mol. The molecule has 0 spiro atoms. The second-order valence-electron chi connectivity index (χ2n) is 10.8. The monoisotopic (exact) mass is 563 g/mol. The van der Waals surface area contributed by atoms with Crippen LogP contribution in [0.4, 0.5) is 5.69 Å². The maximum atomic E-state index is 13.9. The lowest BCUT2D eigenvalue weighted by Gasteiger charge is -2.32. The molecule has 3 aliphatic rings. The van der Waals surface area contributed by atoms with Gasteiger partial charge in [-0.05, 0) is 48.2 Å². The number of amides is 2. The lowest BCUT2D eigenvalue weighted by Crippen LogP contribution is -2.47. The number of nitrogens with zero attached hydrogens (tertiary/aromatic N) is 5. The van der Waals surface area contributed by atoms with Crippen LogP contribution in [0.5, 0.6) is 5.75 Å². The number of ether oxygens (including phenoxy) is 2. The lowest BCUT2D eigenvalue weighted by molar-refractivity contribution is -0.384. The van der Waals surface area contributed by atoms with Gasteiger partial charge in [-0.1, -0.05) is 25.0 Å². The van der Waals surface area contributed by atoms with Crippen molar-refractivity contribution in [1.82, 2.24) is 14.8 Å². The predicted octanol–water partition coefficient (Wildman–Crippen LogP) is 3.63. The van der Waals surface area contributed by atoms with Gasteiger partial charge in [0.2, 0.25) is 5.91 Å². The van der Waals surface area contributed by atoms with Gasteiger partial charge in [0.25, 0.3) is 11.6 Å². The summed E-state index contributed by atoms with van der Waals surface area (Å²) in [7, 11) is 1.60. The number of carbonyl (C=O) groups excluding carboxylic acids is 2. The van der Waals surface area contributed by atoms with Gasteiger partial charge in [0.05, 0.1) is 37.0 Å². The van der Waals surface area contributed by atoms with Gasteiger partial charge in [-0.3, -0.25) is 24.6 Å². The lowest BCUT2D eigenvalue weighted by atomic mass is 9.98. The van der Waals surface area contributed by atoms with E-state index in [4.69, 9.17) is 14.6 Å². The molecular formula is C30H37N5O6. The average Bonchev–Trinajstić information content (AvgIpc) is 3.71. The number of nitro groups is 1. The van der Waals surface area contributed by atoms with Crippen LogP contribution in [0.3, 0.4) is 0 Å². The number of non-ortho nitro benzene ring substituents is 1. The Balaban J connectivity index is 1.38. The van der Waals surface area contributed by atoms with Crippen LogP contribution in [0, 0.1) is 16.0 Å². The van der Waals surface area contributed by atoms with Gasteiger partial charge in [-0.15, -0.1) is 0 Å². The van der Waals surface area contributed by atoms with Crippen LogP contribution in [0.15, 0.2) is 53.6 Å². The summed E-state index contributed by atoms with van der Waals surface area (Å²) in [6.45, 7) is 4.08. The first-order valence-corrected chi connectivity index (χ1v) is 14.3. The Morgan fingerprint density at radius 2 is 1.76 bits per heavy atom. The molecule has 41 heavy (non-hydrogen) atoms. The van der Waals surface area contributed by atoms with Gasteiger partial charge >= 0.3 is 0 Å². The number of hydrogen-bond donors (Lipinski definition) is 0. The Bertz CT molecular complexity index is 1250. The van der Waals surface area contributed by atoms with Gasteiger partial charge < -0.3 is 14.4 Å². The first-order valence-electron chi connectivity index (χ1n) is 14.3. The largest absolute Gasteiger partial charge is 0.497 e. The summed E-state index contributed by atoms with van der Waals surface area (Å²) in [6, 6.07) is 13.4. The highest BCUT2D eigenvalue weighted by molar-refractivity contribution is 6.03. The molecule has 1 aliphatic carbocycles. The molecule has 2 amide bonds. The fourth-order valence-corrected chi connectivity index (χ4v) is 5.80. The highest BCUT2D eigenvalue weighted by Crippen LogP contribution is 2.34. The summed E-state index contributed by atoms with van der Waals surface area (Å²) in [6.07, 6.45) is 4.25. The maximum absolute atomic E-state index is 13.9. The molecule has 0 N–H and O–H groups in total. The molecule has 0 unspecified atom stereocenters. The molecule has 0 bridgehead atoms. The minimum atomic E-state index is -0.441. The van der Waals surface area contributed by atoms with Gasteiger partial charge in [-0.25, -0.2) is 5.01 Å². The van der Waals surface area contributed by atoms with E-state index in [9.17, 15) is 19.7 Å². The number of nitro benzene ring substituents is 1. The Kier molecular flexibility index (Phi) is 9.25. The highest BCUT2D eigenvalue weighted by Gasteiger charge is 2.36. The molecule has 1 saturated carbocycles. The van der Waals surface area contributed by atoms with E-state index >= 15 is 0 Å². The third-order valence-corrected chi connectivity index (χ3v) is 8.21. The van der Waals surface area contributed by atoms with E-state index in [-0.39, 0.29) is 36.0 Å². The van der Waals surface area contributed by atoms with Crippen molar-refractivity contribution < 1.29 is 24.0 Å². The molecule has 2 fully saturated rings. The first-order chi connectivity index (χ1) is 19.9. The summed E-state index contributed by atoms with van der Waals surface area (Å²) in [4.78, 5) is 42.2. The molecule has 2 heterocycles. The van der Waals surface area contributed by atoms with Crippen LogP contribution in [0.2, 0.25) is 0 Å². The summed E-state index contributed by atoms with van der Waals surface area (Å²) in [5.41, 5.74) is 2.27. The van der Waals surface area contributed by atoms with E-state index in [1.807, 2.05) is 24.3 Å². The molecule has 2 aromatic rings. The standard InChI is InChI=1S/C30H37N5O6/c1-40-26-12-8-23(9-13-26)28-20-27(22-6-10-25(11-7-22)35(38)39)31-34(28)29(36)21-33(30(37)24-4-2-3-5-24)15-14-32-16-18-41-19-17-32/h6-13,24,28H,2-5,14-21H2,1H3/t28-/m1/s1. The predicted molar refractivity (Wildman–Crippen MR) is 153 cm³/mol. The summed E-state index contributed by atoms with van der Waals surface area (Å²) in [5, 5.41) is 17.4. The molecule has 1 atom stereocenters.